The van der Waals surface area contributed by atoms with Crippen LogP contribution in [0.5, 0.6) is 5.75 Å². The lowest BCUT2D eigenvalue weighted by Gasteiger charge is -2.24. The molecule has 0 aliphatic carbocycles. The van der Waals surface area contributed by atoms with E-state index < -0.39 is 0 Å². The fourth-order valence-electron chi connectivity index (χ4n) is 3.59. The zero-order valence-corrected chi connectivity index (χ0v) is 18.6. The van der Waals surface area contributed by atoms with Crippen molar-refractivity contribution in [1.29, 1.82) is 0 Å². The van der Waals surface area contributed by atoms with E-state index in [1.54, 1.807) is 13.2 Å². The number of halogens is 2. The third-order valence-electron chi connectivity index (χ3n) is 5.05. The van der Waals surface area contributed by atoms with Gasteiger partial charge >= 0.3 is 0 Å². The van der Waals surface area contributed by atoms with Gasteiger partial charge in [0.2, 0.25) is 0 Å². The van der Waals surface area contributed by atoms with Crippen molar-refractivity contribution in [3.05, 3.63) is 53.2 Å². The number of aromatic nitrogens is 2. The molecule has 2 heterocycles. The number of nitrogens with two attached hydrogens (primary N) is 1. The van der Waals surface area contributed by atoms with E-state index in [2.05, 4.69) is 4.90 Å². The highest BCUT2D eigenvalue weighted by molar-refractivity contribution is 6.37. The van der Waals surface area contributed by atoms with E-state index in [-0.39, 0.29) is 18.4 Å². The van der Waals surface area contributed by atoms with Crippen LogP contribution in [0, 0.1) is 0 Å². The second-order valence-electron chi connectivity index (χ2n) is 7.11. The first kappa shape index (κ1) is 22.3. The molecule has 0 aliphatic heterocycles. The fraction of sp³-hybridized carbons (Fsp3) is 0.273. The van der Waals surface area contributed by atoms with Gasteiger partial charge in [0.15, 0.2) is 11.6 Å². The largest absolute Gasteiger partial charge is 0.495 e. The monoisotopic (exact) mass is 446 g/mol. The quantitative estimate of drug-likeness (QED) is 0.444. The number of rotatable bonds is 6. The van der Waals surface area contributed by atoms with Crippen LogP contribution in [0.4, 0.5) is 0 Å². The van der Waals surface area contributed by atoms with Crippen LogP contribution < -0.4 is 10.5 Å². The van der Waals surface area contributed by atoms with Crippen LogP contribution in [0.15, 0.2) is 46.9 Å². The average molecular weight is 447 g/mol. The molecule has 4 rings (SSSR count). The van der Waals surface area contributed by atoms with Crippen LogP contribution in [0.1, 0.15) is 18.2 Å². The Hall–Kier alpha value is -2.38. The summed E-state index contributed by atoms with van der Waals surface area (Å²) in [7, 11) is 5.65. The molecule has 2 N–H and O–H groups in total. The molecule has 0 spiro atoms. The molecule has 6 nitrogen and oxygen atoms in total. The number of hydrogen-bond donors (Lipinski definition) is 1. The number of hydrogen-bond acceptors (Lipinski definition) is 6. The first-order valence-electron chi connectivity index (χ1n) is 9.43. The average Bonchev–Trinajstić information content (AvgIpc) is 3.17. The van der Waals surface area contributed by atoms with Gasteiger partial charge in [0, 0.05) is 10.8 Å². The van der Waals surface area contributed by atoms with E-state index in [9.17, 15) is 0 Å². The maximum Gasteiger partial charge on any atom is 0.196 e. The van der Waals surface area contributed by atoms with Gasteiger partial charge in [0.1, 0.15) is 11.3 Å². The minimum absolute atomic E-state index is 0. The van der Waals surface area contributed by atoms with Gasteiger partial charge in [-0.2, -0.15) is 0 Å². The molecular formula is C22H24Cl2N4O2. The minimum atomic E-state index is 0. The first-order chi connectivity index (χ1) is 14.0. The van der Waals surface area contributed by atoms with Crippen LogP contribution in [0.2, 0.25) is 5.02 Å². The summed E-state index contributed by atoms with van der Waals surface area (Å²) >= 11 is 6.46. The normalized spacial score (nSPS) is 12.3. The summed E-state index contributed by atoms with van der Waals surface area (Å²) in [4.78, 5) is 11.8. The molecule has 0 saturated carbocycles. The molecule has 0 fully saturated rings. The predicted octanol–water partition coefficient (Wildman–Crippen LogP) is 5.08. The molecular weight excluding hydrogens is 423 g/mol. The van der Waals surface area contributed by atoms with Crippen molar-refractivity contribution in [2.45, 2.75) is 12.5 Å². The molecule has 0 bridgehead atoms. The van der Waals surface area contributed by atoms with Crippen molar-refractivity contribution < 1.29 is 9.15 Å². The summed E-state index contributed by atoms with van der Waals surface area (Å²) < 4.78 is 11.3. The Balaban J connectivity index is 0.00000256. The Kier molecular flexibility index (Phi) is 6.83. The van der Waals surface area contributed by atoms with Gasteiger partial charge in [0.05, 0.1) is 29.4 Å². The van der Waals surface area contributed by atoms with Gasteiger partial charge in [-0.1, -0.05) is 29.8 Å². The van der Waals surface area contributed by atoms with Crippen molar-refractivity contribution in [2.75, 3.05) is 27.7 Å². The molecule has 8 heteroatoms. The fourth-order valence-corrected chi connectivity index (χ4v) is 3.88. The second kappa shape index (κ2) is 9.18. The molecule has 158 valence electrons. The lowest BCUT2D eigenvalue weighted by molar-refractivity contribution is 0.283. The summed E-state index contributed by atoms with van der Waals surface area (Å²) in [6, 6.07) is 13.5. The van der Waals surface area contributed by atoms with Crippen LogP contribution >= 0.6 is 24.0 Å². The van der Waals surface area contributed by atoms with E-state index in [0.29, 0.717) is 34.5 Å². The minimum Gasteiger partial charge on any atom is -0.495 e. The zero-order chi connectivity index (χ0) is 20.5. The number of benzene rings is 2. The van der Waals surface area contributed by atoms with E-state index in [1.165, 1.54) is 0 Å². The maximum atomic E-state index is 6.46. The molecule has 2 aromatic heterocycles. The van der Waals surface area contributed by atoms with Gasteiger partial charge in [-0.3, -0.25) is 0 Å². The van der Waals surface area contributed by atoms with Crippen molar-refractivity contribution in [1.82, 2.24) is 14.9 Å². The summed E-state index contributed by atoms with van der Waals surface area (Å²) in [5, 5.41) is 2.29. The summed E-state index contributed by atoms with van der Waals surface area (Å²) in [6.45, 7) is 0.566. The van der Waals surface area contributed by atoms with Gasteiger partial charge < -0.3 is 19.8 Å². The third kappa shape index (κ3) is 3.96. The molecule has 2 aromatic carbocycles. The second-order valence-corrected chi connectivity index (χ2v) is 7.49. The summed E-state index contributed by atoms with van der Waals surface area (Å²) in [5.74, 6) is 1.68. The topological polar surface area (TPSA) is 77.4 Å². The lowest BCUT2D eigenvalue weighted by Crippen LogP contribution is -2.24. The van der Waals surface area contributed by atoms with Crippen LogP contribution in [-0.2, 0) is 0 Å². The third-order valence-corrected chi connectivity index (χ3v) is 5.44. The number of nitrogens with zero attached hydrogens (tertiary/aromatic N) is 3. The Morgan fingerprint density at radius 3 is 2.60 bits per heavy atom. The van der Waals surface area contributed by atoms with Gasteiger partial charge in [-0.25, -0.2) is 9.97 Å². The Labute approximate surface area is 186 Å². The van der Waals surface area contributed by atoms with Crippen LogP contribution in [-0.4, -0.2) is 42.6 Å². The van der Waals surface area contributed by atoms with Crippen LogP contribution in [0.25, 0.3) is 33.5 Å². The molecule has 0 aliphatic rings. The number of ether oxygens (including phenoxy) is 1. The SMILES string of the molecule is COc1ccc2oc(-c3nc(C(CCN)N(C)C)c4ccccc4n3)cc2c1Cl.Cl. The Bertz CT molecular complexity index is 1180. The number of methoxy groups -OCH3 is 1. The van der Waals surface area contributed by atoms with Gasteiger partial charge in [0.25, 0.3) is 0 Å². The molecule has 0 saturated heterocycles. The highest BCUT2D eigenvalue weighted by atomic mass is 35.5. The van der Waals surface area contributed by atoms with E-state index in [1.807, 2.05) is 50.5 Å². The maximum absolute atomic E-state index is 6.46. The van der Waals surface area contributed by atoms with Crippen molar-refractivity contribution >= 4 is 45.9 Å². The van der Waals surface area contributed by atoms with E-state index in [4.69, 9.17) is 36.5 Å². The number of para-hydroxylation sites is 1. The summed E-state index contributed by atoms with van der Waals surface area (Å²) in [6.07, 6.45) is 0.788. The van der Waals surface area contributed by atoms with Gasteiger partial charge in [-0.05, 0) is 51.3 Å². The molecule has 4 aromatic rings. The van der Waals surface area contributed by atoms with Crippen molar-refractivity contribution in [3.8, 4) is 17.3 Å². The molecule has 30 heavy (non-hydrogen) atoms. The van der Waals surface area contributed by atoms with E-state index >= 15 is 0 Å². The van der Waals surface area contributed by atoms with Crippen molar-refractivity contribution in [3.63, 3.8) is 0 Å². The molecule has 1 unspecified atom stereocenters. The molecule has 0 radical (unpaired) electrons. The molecule has 1 atom stereocenters. The van der Waals surface area contributed by atoms with Crippen molar-refractivity contribution in [2.24, 2.45) is 5.73 Å². The smallest absolute Gasteiger partial charge is 0.196 e. The Morgan fingerprint density at radius 2 is 1.90 bits per heavy atom. The van der Waals surface area contributed by atoms with Gasteiger partial charge in [-0.15, -0.1) is 12.4 Å². The number of fused-ring (bicyclic) bond motifs is 2. The molecule has 0 amide bonds. The predicted molar refractivity (Wildman–Crippen MR) is 124 cm³/mol. The highest BCUT2D eigenvalue weighted by Crippen LogP contribution is 2.37. The van der Waals surface area contributed by atoms with E-state index in [0.717, 1.165) is 28.4 Å². The Morgan fingerprint density at radius 1 is 1.13 bits per heavy atom. The lowest BCUT2D eigenvalue weighted by atomic mass is 10.0. The first-order valence-corrected chi connectivity index (χ1v) is 9.81. The highest BCUT2D eigenvalue weighted by Gasteiger charge is 2.21. The number of furan rings is 1. The van der Waals surface area contributed by atoms with Crippen LogP contribution in [0.3, 0.4) is 0 Å². The summed E-state index contributed by atoms with van der Waals surface area (Å²) in [5.41, 5.74) is 8.34. The zero-order valence-electron chi connectivity index (χ0n) is 17.1. The standard InChI is InChI=1S/C22H23ClN4O2.ClH/c1-27(2)16(10-11-24)21-13-6-4-5-7-15(13)25-22(26-21)19-12-14-17(29-19)8-9-18(28-3)20(14)23;/h4-9,12,16H,10-11,24H2,1-3H3;1H.